The third kappa shape index (κ3) is 5.70. The van der Waals surface area contributed by atoms with Crippen LogP contribution in [0.2, 0.25) is 0 Å². The summed E-state index contributed by atoms with van der Waals surface area (Å²) in [6.07, 6.45) is 3.22. The van der Waals surface area contributed by atoms with Crippen LogP contribution in [0.4, 0.5) is 0 Å². The fourth-order valence-corrected chi connectivity index (χ4v) is 4.91. The first-order chi connectivity index (χ1) is 9.15. The van der Waals surface area contributed by atoms with E-state index in [-0.39, 0.29) is 11.2 Å². The van der Waals surface area contributed by atoms with E-state index in [1.54, 1.807) is 4.31 Å². The van der Waals surface area contributed by atoms with Crippen molar-refractivity contribution in [2.45, 2.75) is 59.9 Å². The van der Waals surface area contributed by atoms with Crippen molar-refractivity contribution in [3.8, 4) is 0 Å². The molecule has 0 aromatic carbocycles. The highest BCUT2D eigenvalue weighted by molar-refractivity contribution is 7.89. The minimum Gasteiger partial charge on any atom is -0.314 e. The van der Waals surface area contributed by atoms with Gasteiger partial charge < -0.3 is 5.32 Å². The number of rotatable bonds is 6. The van der Waals surface area contributed by atoms with Crippen molar-refractivity contribution in [3.05, 3.63) is 0 Å². The minimum atomic E-state index is -3.12. The van der Waals surface area contributed by atoms with Gasteiger partial charge in [0.15, 0.2) is 0 Å². The van der Waals surface area contributed by atoms with Gasteiger partial charge >= 0.3 is 0 Å². The fourth-order valence-electron chi connectivity index (χ4n) is 2.81. The second-order valence-electron chi connectivity index (χ2n) is 7.32. The topological polar surface area (TPSA) is 49.4 Å². The van der Waals surface area contributed by atoms with E-state index in [2.05, 4.69) is 19.2 Å². The molecular formula is C15H32N2O2S. The molecule has 4 nitrogen and oxygen atoms in total. The summed E-state index contributed by atoms with van der Waals surface area (Å²) in [6, 6.07) is 0.391. The average molecular weight is 305 g/mol. The highest BCUT2D eigenvalue weighted by Gasteiger charge is 2.33. The fraction of sp³-hybridized carbons (Fsp3) is 1.00. The molecule has 1 heterocycles. The van der Waals surface area contributed by atoms with Gasteiger partial charge in [-0.25, -0.2) is 12.7 Å². The number of nitrogens with zero attached hydrogens (tertiary/aromatic N) is 1. The van der Waals surface area contributed by atoms with Gasteiger partial charge in [-0.15, -0.1) is 0 Å². The number of nitrogens with one attached hydrogen (secondary N) is 1. The van der Waals surface area contributed by atoms with E-state index in [0.29, 0.717) is 25.0 Å². The van der Waals surface area contributed by atoms with Crippen LogP contribution in [0.1, 0.15) is 53.9 Å². The number of sulfonamides is 1. The first-order valence-corrected chi connectivity index (χ1v) is 9.48. The average Bonchev–Trinajstić information content (AvgIpc) is 2.33. The first kappa shape index (κ1) is 17.9. The summed E-state index contributed by atoms with van der Waals surface area (Å²) in [5, 5.41) is 3.50. The molecule has 120 valence electrons. The molecule has 2 atom stereocenters. The molecule has 0 spiro atoms. The summed E-state index contributed by atoms with van der Waals surface area (Å²) in [5.41, 5.74) is -0.183. The van der Waals surface area contributed by atoms with Crippen LogP contribution in [-0.2, 0) is 10.0 Å². The van der Waals surface area contributed by atoms with Crippen molar-refractivity contribution in [1.82, 2.24) is 9.62 Å². The second kappa shape index (κ2) is 7.23. The summed E-state index contributed by atoms with van der Waals surface area (Å²) in [6.45, 7) is 12.7. The highest BCUT2D eigenvalue weighted by Crippen LogP contribution is 2.25. The summed E-state index contributed by atoms with van der Waals surface area (Å²) >= 11 is 0. The Bertz CT molecular complexity index is 387. The van der Waals surface area contributed by atoms with Crippen molar-refractivity contribution in [3.63, 3.8) is 0 Å². The van der Waals surface area contributed by atoms with Crippen LogP contribution in [0, 0.1) is 11.3 Å². The first-order valence-electron chi connectivity index (χ1n) is 7.87. The molecule has 1 rings (SSSR count). The summed E-state index contributed by atoms with van der Waals surface area (Å²) < 4.78 is 26.7. The largest absolute Gasteiger partial charge is 0.314 e. The van der Waals surface area contributed by atoms with Crippen LogP contribution in [0.3, 0.4) is 0 Å². The zero-order chi connectivity index (χ0) is 15.4. The van der Waals surface area contributed by atoms with Crippen LogP contribution < -0.4 is 5.32 Å². The zero-order valence-electron chi connectivity index (χ0n) is 13.8. The maximum absolute atomic E-state index is 12.5. The molecular weight excluding hydrogens is 272 g/mol. The quantitative estimate of drug-likeness (QED) is 0.820. The predicted molar refractivity (Wildman–Crippen MR) is 85.3 cm³/mol. The molecule has 1 fully saturated rings. The van der Waals surface area contributed by atoms with Gasteiger partial charge in [0.05, 0.1) is 5.75 Å². The van der Waals surface area contributed by atoms with Crippen molar-refractivity contribution < 1.29 is 8.42 Å². The molecule has 0 aromatic rings. The third-order valence-electron chi connectivity index (χ3n) is 3.85. The molecule has 0 bridgehead atoms. The molecule has 0 amide bonds. The minimum absolute atomic E-state index is 0.183. The SMILES string of the molecule is CCCNC(C)C1CCCN(S(=O)(=O)CC(C)(C)C)C1. The van der Waals surface area contributed by atoms with Crippen molar-refractivity contribution in [2.24, 2.45) is 11.3 Å². The molecule has 2 unspecified atom stereocenters. The highest BCUT2D eigenvalue weighted by atomic mass is 32.2. The Balaban J connectivity index is 2.64. The van der Waals surface area contributed by atoms with Gasteiger partial charge in [0.1, 0.15) is 0 Å². The number of hydrogen-bond donors (Lipinski definition) is 1. The Morgan fingerprint density at radius 1 is 1.35 bits per heavy atom. The zero-order valence-corrected chi connectivity index (χ0v) is 14.6. The normalized spacial score (nSPS) is 23.8. The van der Waals surface area contributed by atoms with Gasteiger partial charge in [-0.1, -0.05) is 27.7 Å². The molecule has 1 aliphatic heterocycles. The Labute approximate surface area is 125 Å². The molecule has 5 heteroatoms. The van der Waals surface area contributed by atoms with E-state index in [9.17, 15) is 8.42 Å². The molecule has 1 N–H and O–H groups in total. The second-order valence-corrected chi connectivity index (χ2v) is 9.29. The van der Waals surface area contributed by atoms with Gasteiger partial charge in [0, 0.05) is 19.1 Å². The number of piperidine rings is 1. The smallest absolute Gasteiger partial charge is 0.214 e. The van der Waals surface area contributed by atoms with Crippen LogP contribution >= 0.6 is 0 Å². The lowest BCUT2D eigenvalue weighted by Crippen LogP contribution is -2.48. The Morgan fingerprint density at radius 3 is 2.55 bits per heavy atom. The van der Waals surface area contributed by atoms with Gasteiger partial charge in [0.2, 0.25) is 10.0 Å². The van der Waals surface area contributed by atoms with Gasteiger partial charge in [-0.3, -0.25) is 0 Å². The lowest BCUT2D eigenvalue weighted by atomic mass is 9.93. The van der Waals surface area contributed by atoms with Crippen LogP contribution in [0.25, 0.3) is 0 Å². The molecule has 1 aliphatic rings. The van der Waals surface area contributed by atoms with Gasteiger partial charge in [-0.2, -0.15) is 0 Å². The van der Waals surface area contributed by atoms with Gasteiger partial charge in [-0.05, 0) is 44.1 Å². The van der Waals surface area contributed by atoms with E-state index in [1.807, 2.05) is 20.8 Å². The van der Waals surface area contributed by atoms with Crippen molar-refractivity contribution in [1.29, 1.82) is 0 Å². The van der Waals surface area contributed by atoms with Crippen molar-refractivity contribution >= 4 is 10.0 Å². The molecule has 0 aliphatic carbocycles. The van der Waals surface area contributed by atoms with Crippen LogP contribution in [0.5, 0.6) is 0 Å². The predicted octanol–water partition coefficient (Wildman–Crippen LogP) is 2.46. The van der Waals surface area contributed by atoms with E-state index < -0.39 is 10.0 Å². The standard InChI is InChI=1S/C15H32N2O2S/c1-6-9-16-13(2)14-8-7-10-17(11-14)20(18,19)12-15(3,4)5/h13-14,16H,6-12H2,1-5H3. The van der Waals surface area contributed by atoms with Crippen LogP contribution in [0.15, 0.2) is 0 Å². The molecule has 0 radical (unpaired) electrons. The number of hydrogen-bond acceptors (Lipinski definition) is 3. The molecule has 0 saturated carbocycles. The van der Waals surface area contributed by atoms with Crippen molar-refractivity contribution in [2.75, 3.05) is 25.4 Å². The molecule has 1 saturated heterocycles. The van der Waals surface area contributed by atoms with Crippen LogP contribution in [-0.4, -0.2) is 44.2 Å². The third-order valence-corrected chi connectivity index (χ3v) is 6.20. The Kier molecular flexibility index (Phi) is 6.48. The van der Waals surface area contributed by atoms with E-state index >= 15 is 0 Å². The molecule has 0 aromatic heterocycles. The Morgan fingerprint density at radius 2 is 2.00 bits per heavy atom. The van der Waals surface area contributed by atoms with Gasteiger partial charge in [0.25, 0.3) is 0 Å². The van der Waals surface area contributed by atoms with E-state index in [0.717, 1.165) is 25.8 Å². The maximum atomic E-state index is 12.5. The molecule has 20 heavy (non-hydrogen) atoms. The van der Waals surface area contributed by atoms with E-state index in [1.165, 1.54) is 0 Å². The lowest BCUT2D eigenvalue weighted by molar-refractivity contribution is 0.222. The van der Waals surface area contributed by atoms with E-state index in [4.69, 9.17) is 0 Å². The Hall–Kier alpha value is -0.130. The summed E-state index contributed by atoms with van der Waals surface area (Å²) in [5.74, 6) is 0.675. The summed E-state index contributed by atoms with van der Waals surface area (Å²) in [4.78, 5) is 0. The monoisotopic (exact) mass is 304 g/mol. The summed E-state index contributed by atoms with van der Waals surface area (Å²) in [7, 11) is -3.12. The maximum Gasteiger partial charge on any atom is 0.214 e. The lowest BCUT2D eigenvalue weighted by Gasteiger charge is -2.36.